The summed E-state index contributed by atoms with van der Waals surface area (Å²) in [6.07, 6.45) is -0.865. The Balaban J connectivity index is 1.38. The number of aryl methyl sites for hydroxylation is 1. The smallest absolute Gasteiger partial charge is 0.354 e. The van der Waals surface area contributed by atoms with Gasteiger partial charge in [0, 0.05) is 31.0 Å². The van der Waals surface area contributed by atoms with Gasteiger partial charge in [-0.05, 0) is 62.8 Å². The van der Waals surface area contributed by atoms with Gasteiger partial charge in [0.05, 0.1) is 16.6 Å². The molecule has 2 amide bonds. The molecule has 2 aromatic heterocycles. The second-order valence-corrected chi connectivity index (χ2v) is 9.41. The minimum atomic E-state index is -4.67. The van der Waals surface area contributed by atoms with Gasteiger partial charge in [-0.2, -0.15) is 23.3 Å². The van der Waals surface area contributed by atoms with Gasteiger partial charge in [0.1, 0.15) is 11.5 Å². The predicted molar refractivity (Wildman–Crippen MR) is 151 cm³/mol. The van der Waals surface area contributed by atoms with Gasteiger partial charge in [-0.15, -0.1) is 0 Å². The number of fused-ring (bicyclic) bond motifs is 1. The Morgan fingerprint density at radius 3 is 2.44 bits per heavy atom. The largest absolute Gasteiger partial charge is 0.416 e. The molecule has 0 radical (unpaired) electrons. The van der Waals surface area contributed by atoms with Crippen LogP contribution in [-0.2, 0) is 13.2 Å². The quantitative estimate of drug-likeness (QED) is 0.143. The topological polar surface area (TPSA) is 100 Å². The molecule has 0 bridgehead atoms. The Morgan fingerprint density at radius 1 is 1.02 bits per heavy atom. The average Bonchev–Trinajstić information content (AvgIpc) is 3.27. The number of hydrogen-bond donors (Lipinski definition) is 3. The number of nitrogens with zero attached hydrogens (tertiary/aromatic N) is 5. The lowest BCUT2D eigenvalue weighted by Crippen LogP contribution is -2.24. The van der Waals surface area contributed by atoms with E-state index in [1.165, 1.54) is 0 Å². The zero-order valence-corrected chi connectivity index (χ0v) is 23.0. The third-order valence-electron chi connectivity index (χ3n) is 6.62. The van der Waals surface area contributed by atoms with Crippen LogP contribution < -0.4 is 16.0 Å². The second-order valence-electron chi connectivity index (χ2n) is 9.41. The number of carbonyl (C=O) groups is 1. The molecule has 3 N–H and O–H groups in total. The Morgan fingerprint density at radius 2 is 1.76 bits per heavy atom. The van der Waals surface area contributed by atoms with Gasteiger partial charge < -0.3 is 20.9 Å². The molecule has 0 saturated carbocycles. The van der Waals surface area contributed by atoms with Crippen molar-refractivity contribution >= 4 is 34.4 Å². The van der Waals surface area contributed by atoms with Crippen LogP contribution >= 0.6 is 0 Å². The zero-order chi connectivity index (χ0) is 29.6. The van der Waals surface area contributed by atoms with Crippen molar-refractivity contribution in [3.63, 3.8) is 0 Å². The first-order valence-electron chi connectivity index (χ1n) is 13.3. The molecule has 0 aliphatic carbocycles. The van der Waals surface area contributed by atoms with E-state index in [1.54, 1.807) is 42.2 Å². The number of unbranched alkanes of at least 4 members (excludes halogenated alkanes) is 1. The van der Waals surface area contributed by atoms with E-state index in [0.29, 0.717) is 41.2 Å². The molecule has 9 nitrogen and oxygen atoms in total. The Labute approximate surface area is 235 Å². The lowest BCUT2D eigenvalue weighted by molar-refractivity contribution is -0.137. The Kier molecular flexibility index (Phi) is 9.38. The summed E-state index contributed by atoms with van der Waals surface area (Å²) < 4.78 is 54.4. The number of hydrogen-bond acceptors (Lipinski definition) is 6. The predicted octanol–water partition coefficient (Wildman–Crippen LogP) is 6.37. The van der Waals surface area contributed by atoms with E-state index in [0.717, 1.165) is 50.0 Å². The van der Waals surface area contributed by atoms with Crippen molar-refractivity contribution in [3.8, 4) is 11.3 Å². The molecule has 41 heavy (non-hydrogen) atoms. The summed E-state index contributed by atoms with van der Waals surface area (Å²) in [5.74, 6) is -0.459. The van der Waals surface area contributed by atoms with Gasteiger partial charge in [0.25, 0.3) is 0 Å². The van der Waals surface area contributed by atoms with Gasteiger partial charge >= 0.3 is 12.2 Å². The molecule has 4 rings (SSSR count). The maximum absolute atomic E-state index is 14.0. The third kappa shape index (κ3) is 7.48. The molecule has 0 atom stereocenters. The highest BCUT2D eigenvalue weighted by Gasteiger charge is 2.31. The summed E-state index contributed by atoms with van der Waals surface area (Å²) in [6, 6.07) is 7.58. The molecular formula is C28H32F4N8O. The summed E-state index contributed by atoms with van der Waals surface area (Å²) in [4.78, 5) is 23.8. The monoisotopic (exact) mass is 572 g/mol. The van der Waals surface area contributed by atoms with Crippen molar-refractivity contribution in [2.24, 2.45) is 7.05 Å². The molecule has 0 aliphatic heterocycles. The maximum atomic E-state index is 14.0. The number of anilines is 3. The highest BCUT2D eigenvalue weighted by molar-refractivity contribution is 6.00. The summed E-state index contributed by atoms with van der Waals surface area (Å²) >= 11 is 0. The molecule has 0 fully saturated rings. The van der Waals surface area contributed by atoms with Crippen LogP contribution in [0.1, 0.15) is 32.3 Å². The lowest BCUT2D eigenvalue weighted by atomic mass is 10.1. The molecule has 13 heteroatoms. The van der Waals surface area contributed by atoms with E-state index >= 15 is 0 Å². The maximum Gasteiger partial charge on any atom is 0.416 e. The van der Waals surface area contributed by atoms with Gasteiger partial charge in [0.2, 0.25) is 5.95 Å². The van der Waals surface area contributed by atoms with Crippen molar-refractivity contribution < 1.29 is 22.4 Å². The van der Waals surface area contributed by atoms with Crippen molar-refractivity contribution in [3.05, 3.63) is 60.0 Å². The molecule has 0 spiro atoms. The van der Waals surface area contributed by atoms with Gasteiger partial charge in [-0.25, -0.2) is 18.9 Å². The van der Waals surface area contributed by atoms with Crippen molar-refractivity contribution in [1.82, 2.24) is 24.6 Å². The number of aromatic nitrogens is 4. The molecule has 0 aliphatic rings. The summed E-state index contributed by atoms with van der Waals surface area (Å²) in [6.45, 7) is 8.24. The lowest BCUT2D eigenvalue weighted by Gasteiger charge is -2.17. The molecule has 0 unspecified atom stereocenters. The summed E-state index contributed by atoms with van der Waals surface area (Å²) in [5, 5.41) is 13.2. The number of nitrogens with one attached hydrogen (secondary N) is 3. The van der Waals surface area contributed by atoms with Crippen LogP contribution in [0.25, 0.3) is 22.3 Å². The van der Waals surface area contributed by atoms with Crippen LogP contribution in [-0.4, -0.2) is 56.9 Å². The first-order valence-corrected chi connectivity index (χ1v) is 13.3. The van der Waals surface area contributed by atoms with E-state index < -0.39 is 29.3 Å². The van der Waals surface area contributed by atoms with E-state index in [-0.39, 0.29) is 0 Å². The Bertz CT molecular complexity index is 1480. The Hall–Kier alpha value is -4.26. The van der Waals surface area contributed by atoms with E-state index in [4.69, 9.17) is 0 Å². The average molecular weight is 573 g/mol. The standard InChI is InChI=1S/C28H32F4N8O/c1-4-40(5-2)15-7-6-14-33-26-34-17-21-24(38-39(3)25(21)37-26)18-8-11-20(12-9-18)35-27(41)36-23-16-19(28(30,31)32)10-13-22(23)29/h8-13,16-17H,4-7,14-15H2,1-3H3,(H,33,34,37)(H2,35,36,41). The number of carbonyl (C=O) groups excluding carboxylic acids is 1. The minimum Gasteiger partial charge on any atom is -0.354 e. The molecule has 2 heterocycles. The van der Waals surface area contributed by atoms with Crippen LogP contribution in [0.2, 0.25) is 0 Å². The van der Waals surface area contributed by atoms with Gasteiger partial charge in [0.15, 0.2) is 5.65 Å². The van der Waals surface area contributed by atoms with Crippen molar-refractivity contribution in [2.45, 2.75) is 32.9 Å². The summed E-state index contributed by atoms with van der Waals surface area (Å²) in [5.41, 5.74) is 0.746. The zero-order valence-electron chi connectivity index (χ0n) is 23.0. The fourth-order valence-corrected chi connectivity index (χ4v) is 4.33. The van der Waals surface area contributed by atoms with Crippen LogP contribution in [0, 0.1) is 5.82 Å². The number of alkyl halides is 3. The van der Waals surface area contributed by atoms with Crippen LogP contribution in [0.5, 0.6) is 0 Å². The van der Waals surface area contributed by atoms with Crippen LogP contribution in [0.3, 0.4) is 0 Å². The first kappa shape index (κ1) is 29.7. The SMILES string of the molecule is CCN(CC)CCCCNc1ncc2c(-c3ccc(NC(=O)Nc4cc(C(F)(F)F)ccc4F)cc3)nn(C)c2n1. The number of amides is 2. The molecule has 2 aromatic carbocycles. The molecule has 0 saturated heterocycles. The van der Waals surface area contributed by atoms with Gasteiger partial charge in [-0.1, -0.05) is 26.0 Å². The third-order valence-corrected chi connectivity index (χ3v) is 6.62. The highest BCUT2D eigenvalue weighted by atomic mass is 19.4. The first-order chi connectivity index (χ1) is 19.6. The van der Waals surface area contributed by atoms with E-state index in [1.807, 2.05) is 0 Å². The number of rotatable bonds is 11. The molecule has 4 aromatic rings. The second kappa shape index (κ2) is 12.9. The number of halogens is 4. The molecular weight excluding hydrogens is 540 g/mol. The fraction of sp³-hybridized carbons (Fsp3) is 0.357. The van der Waals surface area contributed by atoms with Crippen molar-refractivity contribution in [2.75, 3.05) is 42.1 Å². The fourth-order valence-electron chi connectivity index (χ4n) is 4.33. The normalized spacial score (nSPS) is 11.7. The van der Waals surface area contributed by atoms with Crippen LogP contribution in [0.4, 0.5) is 39.7 Å². The number of urea groups is 1. The van der Waals surface area contributed by atoms with E-state index in [2.05, 4.69) is 49.8 Å². The van der Waals surface area contributed by atoms with E-state index in [9.17, 15) is 22.4 Å². The highest BCUT2D eigenvalue weighted by Crippen LogP contribution is 2.32. The van der Waals surface area contributed by atoms with Crippen LogP contribution in [0.15, 0.2) is 48.7 Å². The summed E-state index contributed by atoms with van der Waals surface area (Å²) in [7, 11) is 1.79. The minimum absolute atomic E-state index is 0.350. The number of benzene rings is 2. The van der Waals surface area contributed by atoms with Gasteiger partial charge in [-0.3, -0.25) is 0 Å². The molecule has 218 valence electrons. The van der Waals surface area contributed by atoms with Crippen molar-refractivity contribution in [1.29, 1.82) is 0 Å².